The van der Waals surface area contributed by atoms with Gasteiger partial charge in [0.1, 0.15) is 6.04 Å². The number of carbonyl (C=O) groups is 3. The van der Waals surface area contributed by atoms with E-state index in [9.17, 15) is 14.4 Å². The molecule has 0 unspecified atom stereocenters. The van der Waals surface area contributed by atoms with E-state index < -0.39 is 18.0 Å². The molecule has 0 radical (unpaired) electrons. The van der Waals surface area contributed by atoms with E-state index in [4.69, 9.17) is 4.52 Å². The van der Waals surface area contributed by atoms with Gasteiger partial charge < -0.3 is 15.2 Å². The van der Waals surface area contributed by atoms with Crippen molar-refractivity contribution in [3.63, 3.8) is 0 Å². The van der Waals surface area contributed by atoms with Crippen LogP contribution in [0.3, 0.4) is 0 Å². The second-order valence-corrected chi connectivity index (χ2v) is 5.54. The Balaban J connectivity index is 1.39. The Morgan fingerprint density at radius 1 is 1.24 bits per heavy atom. The van der Waals surface area contributed by atoms with E-state index in [1.165, 1.54) is 0 Å². The minimum absolute atomic E-state index is 0.139. The Labute approximate surface area is 143 Å². The van der Waals surface area contributed by atoms with Gasteiger partial charge in [-0.3, -0.25) is 14.9 Å². The van der Waals surface area contributed by atoms with E-state index in [2.05, 4.69) is 26.1 Å². The third kappa shape index (κ3) is 4.40. The SMILES string of the molecule is O=C(CC[C@@H]1NC(=O)NC1=O)NCCc1noc(-c2ccccc2)n1. The molecule has 9 nitrogen and oxygen atoms in total. The van der Waals surface area contributed by atoms with Gasteiger partial charge in [-0.15, -0.1) is 0 Å². The Kier molecular flexibility index (Phi) is 5.03. The quantitative estimate of drug-likeness (QED) is 0.624. The molecule has 3 N–H and O–H groups in total. The third-order valence-corrected chi connectivity index (χ3v) is 3.68. The lowest BCUT2D eigenvalue weighted by molar-refractivity contribution is -0.122. The van der Waals surface area contributed by atoms with Crippen LogP contribution in [0.15, 0.2) is 34.9 Å². The number of imide groups is 1. The Morgan fingerprint density at radius 3 is 2.76 bits per heavy atom. The number of hydrogen-bond acceptors (Lipinski definition) is 6. The molecular weight excluding hydrogens is 326 g/mol. The Hall–Kier alpha value is -3.23. The van der Waals surface area contributed by atoms with Gasteiger partial charge in [-0.2, -0.15) is 4.98 Å². The van der Waals surface area contributed by atoms with Crippen molar-refractivity contribution < 1.29 is 18.9 Å². The maximum absolute atomic E-state index is 11.8. The van der Waals surface area contributed by atoms with Crippen molar-refractivity contribution in [1.82, 2.24) is 26.1 Å². The van der Waals surface area contributed by atoms with Crippen molar-refractivity contribution in [2.75, 3.05) is 6.54 Å². The first-order chi connectivity index (χ1) is 12.1. The molecule has 0 aliphatic carbocycles. The highest BCUT2D eigenvalue weighted by Crippen LogP contribution is 2.15. The molecule has 0 saturated carbocycles. The minimum atomic E-state index is -0.649. The van der Waals surface area contributed by atoms with Crippen LogP contribution >= 0.6 is 0 Å². The highest BCUT2D eigenvalue weighted by molar-refractivity contribution is 6.04. The van der Waals surface area contributed by atoms with E-state index >= 15 is 0 Å². The lowest BCUT2D eigenvalue weighted by Gasteiger charge is -2.07. The molecule has 0 bridgehead atoms. The Bertz CT molecular complexity index is 774. The van der Waals surface area contributed by atoms with Gasteiger partial charge in [0.25, 0.3) is 11.8 Å². The zero-order chi connectivity index (χ0) is 17.6. The summed E-state index contributed by atoms with van der Waals surface area (Å²) in [4.78, 5) is 38.4. The predicted octanol–water partition coefficient (Wildman–Crippen LogP) is 0.384. The lowest BCUT2D eigenvalue weighted by Crippen LogP contribution is -2.32. The number of nitrogens with one attached hydrogen (secondary N) is 3. The molecule has 0 spiro atoms. The average Bonchev–Trinajstić information content (AvgIpc) is 3.20. The van der Waals surface area contributed by atoms with Crippen molar-refractivity contribution in [2.45, 2.75) is 25.3 Å². The van der Waals surface area contributed by atoms with Gasteiger partial charge in [0, 0.05) is 24.9 Å². The molecule has 2 aromatic rings. The molecule has 1 atom stereocenters. The fourth-order valence-corrected chi connectivity index (χ4v) is 2.39. The molecule has 1 aromatic heterocycles. The van der Waals surface area contributed by atoms with Gasteiger partial charge in [-0.1, -0.05) is 23.4 Å². The van der Waals surface area contributed by atoms with Gasteiger partial charge in [0.2, 0.25) is 5.91 Å². The second-order valence-electron chi connectivity index (χ2n) is 5.54. The molecule has 9 heteroatoms. The lowest BCUT2D eigenvalue weighted by atomic mass is 10.1. The van der Waals surface area contributed by atoms with Crippen molar-refractivity contribution in [3.05, 3.63) is 36.2 Å². The largest absolute Gasteiger partial charge is 0.356 e. The molecule has 4 amide bonds. The number of hydrogen-bond donors (Lipinski definition) is 3. The summed E-state index contributed by atoms with van der Waals surface area (Å²) in [5, 5.41) is 11.2. The molecule has 1 fully saturated rings. The standard InChI is InChI=1S/C16H17N5O4/c22-13(7-6-11-14(23)20-16(24)18-11)17-9-8-12-19-15(25-21-12)10-4-2-1-3-5-10/h1-5,11H,6-9H2,(H,17,22)(H2,18,20,23,24)/t11-/m0/s1. The summed E-state index contributed by atoms with van der Waals surface area (Å²) in [6.07, 6.45) is 0.826. The van der Waals surface area contributed by atoms with E-state index in [1.54, 1.807) is 0 Å². The van der Waals surface area contributed by atoms with Gasteiger partial charge in [0.15, 0.2) is 5.82 Å². The molecule has 130 valence electrons. The predicted molar refractivity (Wildman–Crippen MR) is 86.1 cm³/mol. The summed E-state index contributed by atoms with van der Waals surface area (Å²) in [6, 6.07) is 8.23. The van der Waals surface area contributed by atoms with Gasteiger partial charge >= 0.3 is 6.03 Å². The smallest absolute Gasteiger partial charge is 0.322 e. The number of aromatic nitrogens is 2. The maximum Gasteiger partial charge on any atom is 0.322 e. The molecule has 2 heterocycles. The number of rotatable bonds is 7. The van der Waals surface area contributed by atoms with Crippen LogP contribution in [0.25, 0.3) is 11.5 Å². The zero-order valence-electron chi connectivity index (χ0n) is 13.3. The topological polar surface area (TPSA) is 126 Å². The van der Waals surface area contributed by atoms with E-state index in [1.807, 2.05) is 30.3 Å². The van der Waals surface area contributed by atoms with Crippen LogP contribution in [0.5, 0.6) is 0 Å². The average molecular weight is 343 g/mol. The van der Waals surface area contributed by atoms with Crippen LogP contribution in [0, 0.1) is 0 Å². The third-order valence-electron chi connectivity index (χ3n) is 3.68. The molecule has 1 aromatic carbocycles. The van der Waals surface area contributed by atoms with Crippen LogP contribution in [-0.4, -0.2) is 40.6 Å². The van der Waals surface area contributed by atoms with Crippen LogP contribution in [0.2, 0.25) is 0 Å². The van der Waals surface area contributed by atoms with Crippen LogP contribution < -0.4 is 16.0 Å². The first-order valence-corrected chi connectivity index (χ1v) is 7.88. The first kappa shape index (κ1) is 16.6. The van der Waals surface area contributed by atoms with E-state index in [0.29, 0.717) is 24.7 Å². The number of urea groups is 1. The fraction of sp³-hybridized carbons (Fsp3) is 0.312. The summed E-state index contributed by atoms with van der Waals surface area (Å²) in [7, 11) is 0. The second kappa shape index (κ2) is 7.56. The first-order valence-electron chi connectivity index (χ1n) is 7.88. The summed E-state index contributed by atoms with van der Waals surface area (Å²) in [6.45, 7) is 0.357. The Morgan fingerprint density at radius 2 is 2.04 bits per heavy atom. The van der Waals surface area contributed by atoms with Crippen LogP contribution in [0.1, 0.15) is 18.7 Å². The summed E-state index contributed by atoms with van der Waals surface area (Å²) in [5.74, 6) is 0.324. The van der Waals surface area contributed by atoms with E-state index in [-0.39, 0.29) is 18.7 Å². The maximum atomic E-state index is 11.8. The van der Waals surface area contributed by atoms with Gasteiger partial charge in [-0.25, -0.2) is 4.79 Å². The van der Waals surface area contributed by atoms with Gasteiger partial charge in [-0.05, 0) is 18.6 Å². The van der Waals surface area contributed by atoms with Crippen molar-refractivity contribution in [2.24, 2.45) is 0 Å². The fourth-order valence-electron chi connectivity index (χ4n) is 2.39. The molecule has 1 saturated heterocycles. The number of carbonyl (C=O) groups excluding carboxylic acids is 3. The van der Waals surface area contributed by atoms with Crippen LogP contribution in [0.4, 0.5) is 4.79 Å². The summed E-state index contributed by atoms with van der Waals surface area (Å²) < 4.78 is 5.19. The normalized spacial score (nSPS) is 16.4. The molecule has 1 aliphatic rings. The zero-order valence-corrected chi connectivity index (χ0v) is 13.3. The molecule has 25 heavy (non-hydrogen) atoms. The molecular formula is C16H17N5O4. The van der Waals surface area contributed by atoms with Gasteiger partial charge in [0.05, 0.1) is 0 Å². The van der Waals surface area contributed by atoms with Crippen molar-refractivity contribution >= 4 is 17.8 Å². The number of benzene rings is 1. The summed E-state index contributed by atoms with van der Waals surface area (Å²) >= 11 is 0. The number of nitrogens with zero attached hydrogens (tertiary/aromatic N) is 2. The molecule has 1 aliphatic heterocycles. The number of amides is 4. The highest BCUT2D eigenvalue weighted by Gasteiger charge is 2.29. The minimum Gasteiger partial charge on any atom is -0.356 e. The van der Waals surface area contributed by atoms with Crippen molar-refractivity contribution in [1.29, 1.82) is 0 Å². The van der Waals surface area contributed by atoms with Crippen LogP contribution in [-0.2, 0) is 16.0 Å². The van der Waals surface area contributed by atoms with Crippen molar-refractivity contribution in [3.8, 4) is 11.5 Å². The van der Waals surface area contributed by atoms with E-state index in [0.717, 1.165) is 5.56 Å². The molecule has 3 rings (SSSR count). The monoisotopic (exact) mass is 343 g/mol. The summed E-state index contributed by atoms with van der Waals surface area (Å²) in [5.41, 5.74) is 0.835. The highest BCUT2D eigenvalue weighted by atomic mass is 16.5.